The highest BCUT2D eigenvalue weighted by Gasteiger charge is 2.15. The number of rotatable bonds is 3. The monoisotopic (exact) mass is 406 g/mol. The molecule has 1 aromatic carbocycles. The Bertz CT molecular complexity index is 1550. The van der Waals surface area contributed by atoms with Gasteiger partial charge in [0.25, 0.3) is 0 Å². The minimum absolute atomic E-state index is 0.272. The lowest BCUT2D eigenvalue weighted by Crippen LogP contribution is -1.86. The van der Waals surface area contributed by atoms with Crippen molar-refractivity contribution in [1.29, 1.82) is 0 Å². The SMILES string of the molecule is Fc1cccc(-c2ccnc3[nH]c(-c4n[nH]c5cnc(-c6ccccn6)cc45)cc23)c1. The number of aromatic amines is 2. The Balaban J connectivity index is 1.52. The van der Waals surface area contributed by atoms with Crippen LogP contribution >= 0.6 is 0 Å². The number of nitrogens with one attached hydrogen (secondary N) is 2. The van der Waals surface area contributed by atoms with Crippen molar-refractivity contribution in [3.05, 3.63) is 85.1 Å². The molecule has 0 aliphatic heterocycles. The molecule has 0 radical (unpaired) electrons. The van der Waals surface area contributed by atoms with Gasteiger partial charge < -0.3 is 4.98 Å². The Hall–Kier alpha value is -4.39. The maximum atomic E-state index is 13.8. The molecule has 0 spiro atoms. The van der Waals surface area contributed by atoms with E-state index in [1.165, 1.54) is 12.1 Å². The zero-order valence-corrected chi connectivity index (χ0v) is 16.2. The van der Waals surface area contributed by atoms with Crippen molar-refractivity contribution in [2.75, 3.05) is 0 Å². The van der Waals surface area contributed by atoms with Gasteiger partial charge in [-0.05, 0) is 53.6 Å². The Morgan fingerprint density at radius 2 is 1.74 bits per heavy atom. The van der Waals surface area contributed by atoms with E-state index in [2.05, 4.69) is 30.1 Å². The third kappa shape index (κ3) is 2.95. The van der Waals surface area contributed by atoms with Gasteiger partial charge in [0.05, 0.1) is 28.8 Å². The minimum Gasteiger partial charge on any atom is -0.338 e. The average Bonchev–Trinajstić information content (AvgIpc) is 3.43. The molecule has 0 saturated carbocycles. The molecule has 6 nitrogen and oxygen atoms in total. The summed E-state index contributed by atoms with van der Waals surface area (Å²) in [6, 6.07) is 18.1. The predicted molar refractivity (Wildman–Crippen MR) is 118 cm³/mol. The summed E-state index contributed by atoms with van der Waals surface area (Å²) in [5.41, 5.74) is 6.38. The molecule has 6 rings (SSSR count). The summed E-state index contributed by atoms with van der Waals surface area (Å²) < 4.78 is 13.8. The summed E-state index contributed by atoms with van der Waals surface area (Å²) in [6.45, 7) is 0. The Morgan fingerprint density at radius 1 is 0.774 bits per heavy atom. The Labute approximate surface area is 175 Å². The first-order chi connectivity index (χ1) is 15.3. The van der Waals surface area contributed by atoms with Crippen LogP contribution in [0.2, 0.25) is 0 Å². The normalized spacial score (nSPS) is 11.4. The van der Waals surface area contributed by atoms with Crippen molar-refractivity contribution in [2.45, 2.75) is 0 Å². The van der Waals surface area contributed by atoms with Crippen molar-refractivity contribution >= 4 is 21.9 Å². The molecule has 0 atom stereocenters. The zero-order valence-electron chi connectivity index (χ0n) is 16.2. The fourth-order valence-corrected chi connectivity index (χ4v) is 3.84. The quantitative estimate of drug-likeness (QED) is 0.414. The van der Waals surface area contributed by atoms with Gasteiger partial charge in [-0.1, -0.05) is 18.2 Å². The lowest BCUT2D eigenvalue weighted by molar-refractivity contribution is 0.628. The van der Waals surface area contributed by atoms with Crippen LogP contribution < -0.4 is 0 Å². The second kappa shape index (κ2) is 6.84. The van der Waals surface area contributed by atoms with Gasteiger partial charge in [-0.25, -0.2) is 9.37 Å². The molecule has 0 amide bonds. The number of pyridine rings is 3. The smallest absolute Gasteiger partial charge is 0.138 e. The number of nitrogens with zero attached hydrogens (tertiary/aromatic N) is 4. The summed E-state index contributed by atoms with van der Waals surface area (Å²) in [6.07, 6.45) is 5.22. The molecule has 6 aromatic rings. The molecule has 0 aliphatic rings. The van der Waals surface area contributed by atoms with Gasteiger partial charge in [-0.3, -0.25) is 15.1 Å². The van der Waals surface area contributed by atoms with Crippen molar-refractivity contribution in [2.24, 2.45) is 0 Å². The topological polar surface area (TPSA) is 83.1 Å². The summed E-state index contributed by atoms with van der Waals surface area (Å²) >= 11 is 0. The second-order valence-electron chi connectivity index (χ2n) is 7.22. The number of fused-ring (bicyclic) bond motifs is 2. The van der Waals surface area contributed by atoms with Gasteiger partial charge in [0, 0.05) is 23.2 Å². The molecule has 148 valence electrons. The van der Waals surface area contributed by atoms with E-state index >= 15 is 0 Å². The lowest BCUT2D eigenvalue weighted by atomic mass is 10.0. The summed E-state index contributed by atoms with van der Waals surface area (Å²) in [5, 5.41) is 9.37. The number of hydrogen-bond donors (Lipinski definition) is 2. The van der Waals surface area contributed by atoms with E-state index in [4.69, 9.17) is 0 Å². The zero-order chi connectivity index (χ0) is 20.8. The third-order valence-electron chi connectivity index (χ3n) is 5.30. The van der Waals surface area contributed by atoms with Crippen LogP contribution in [0.15, 0.2) is 79.3 Å². The van der Waals surface area contributed by atoms with Crippen molar-refractivity contribution in [3.8, 4) is 33.9 Å². The maximum Gasteiger partial charge on any atom is 0.138 e. The second-order valence-corrected chi connectivity index (χ2v) is 7.22. The summed E-state index contributed by atoms with van der Waals surface area (Å²) in [7, 11) is 0. The number of hydrogen-bond acceptors (Lipinski definition) is 4. The number of halogens is 1. The van der Waals surface area contributed by atoms with E-state index in [0.29, 0.717) is 5.65 Å². The molecule has 0 fully saturated rings. The van der Waals surface area contributed by atoms with Gasteiger partial charge in [0.15, 0.2) is 0 Å². The largest absolute Gasteiger partial charge is 0.338 e. The van der Waals surface area contributed by atoms with Crippen molar-refractivity contribution in [3.63, 3.8) is 0 Å². The maximum absolute atomic E-state index is 13.8. The molecular formula is C24H15FN6. The number of H-pyrrole nitrogens is 2. The van der Waals surface area contributed by atoms with Gasteiger partial charge in [-0.15, -0.1) is 0 Å². The van der Waals surface area contributed by atoms with Gasteiger partial charge >= 0.3 is 0 Å². The van der Waals surface area contributed by atoms with Gasteiger partial charge in [-0.2, -0.15) is 5.10 Å². The van der Waals surface area contributed by atoms with Crippen LogP contribution in [0.1, 0.15) is 0 Å². The van der Waals surface area contributed by atoms with Gasteiger partial charge in [0.1, 0.15) is 17.2 Å². The molecule has 0 saturated heterocycles. The van der Waals surface area contributed by atoms with E-state index in [9.17, 15) is 4.39 Å². The highest BCUT2D eigenvalue weighted by Crippen LogP contribution is 2.34. The third-order valence-corrected chi connectivity index (χ3v) is 5.30. The highest BCUT2D eigenvalue weighted by molar-refractivity contribution is 6.00. The van der Waals surface area contributed by atoms with E-state index in [-0.39, 0.29) is 5.82 Å². The highest BCUT2D eigenvalue weighted by atomic mass is 19.1. The van der Waals surface area contributed by atoms with Crippen LogP contribution in [0.25, 0.3) is 55.8 Å². The molecule has 0 aliphatic carbocycles. The lowest BCUT2D eigenvalue weighted by Gasteiger charge is -2.02. The molecule has 5 heterocycles. The van der Waals surface area contributed by atoms with Crippen LogP contribution in [0.3, 0.4) is 0 Å². The van der Waals surface area contributed by atoms with E-state index in [1.807, 2.05) is 42.5 Å². The fourth-order valence-electron chi connectivity index (χ4n) is 3.84. The Kier molecular flexibility index (Phi) is 3.86. The first-order valence-electron chi connectivity index (χ1n) is 9.76. The van der Waals surface area contributed by atoms with Crippen molar-refractivity contribution < 1.29 is 4.39 Å². The Morgan fingerprint density at radius 3 is 2.61 bits per heavy atom. The molecule has 31 heavy (non-hydrogen) atoms. The van der Waals surface area contributed by atoms with Crippen LogP contribution in [-0.2, 0) is 0 Å². The standard InChI is InChI=1S/C24H15FN6/c25-15-5-3-4-14(10-15)16-7-9-27-24-17(16)11-21(29-24)23-18-12-20(19-6-1-2-8-26-19)28-13-22(18)30-31-23/h1-13H,(H,27,29)(H,30,31). The van der Waals surface area contributed by atoms with Crippen LogP contribution in [0, 0.1) is 5.82 Å². The summed E-state index contributed by atoms with van der Waals surface area (Å²) in [4.78, 5) is 16.7. The number of benzene rings is 1. The predicted octanol–water partition coefficient (Wildman–Crippen LogP) is 5.37. The van der Waals surface area contributed by atoms with E-state index in [1.54, 1.807) is 24.7 Å². The summed E-state index contributed by atoms with van der Waals surface area (Å²) in [5.74, 6) is -0.272. The average molecular weight is 406 g/mol. The van der Waals surface area contributed by atoms with Crippen molar-refractivity contribution in [1.82, 2.24) is 30.1 Å². The first-order valence-corrected chi connectivity index (χ1v) is 9.76. The molecule has 2 N–H and O–H groups in total. The molecule has 0 bridgehead atoms. The fraction of sp³-hybridized carbons (Fsp3) is 0. The minimum atomic E-state index is -0.272. The van der Waals surface area contributed by atoms with Crippen LogP contribution in [0.4, 0.5) is 4.39 Å². The molecule has 5 aromatic heterocycles. The van der Waals surface area contributed by atoms with E-state index < -0.39 is 0 Å². The first kappa shape index (κ1) is 17.5. The van der Waals surface area contributed by atoms with Gasteiger partial charge in [0.2, 0.25) is 0 Å². The number of aromatic nitrogens is 6. The molecule has 7 heteroatoms. The van der Waals surface area contributed by atoms with E-state index in [0.717, 1.165) is 50.2 Å². The van der Waals surface area contributed by atoms with Crippen LogP contribution in [0.5, 0.6) is 0 Å². The molecular weight excluding hydrogens is 391 g/mol. The molecule has 0 unspecified atom stereocenters. The van der Waals surface area contributed by atoms with Crippen LogP contribution in [-0.4, -0.2) is 30.1 Å².